The maximum atomic E-state index is 13.8. The van der Waals surface area contributed by atoms with Crippen LogP contribution in [0.4, 0.5) is 24.7 Å². The van der Waals surface area contributed by atoms with E-state index in [2.05, 4.69) is 25.7 Å². The molecular formula is C27H28F3N9O4. The highest BCUT2D eigenvalue weighted by Gasteiger charge is 2.38. The Kier molecular flexibility index (Phi) is 9.91. The number of rotatable bonds is 14. The molecule has 43 heavy (non-hydrogen) atoms. The zero-order chi connectivity index (χ0) is 31.0. The van der Waals surface area contributed by atoms with Crippen molar-refractivity contribution in [3.8, 4) is 23.1 Å². The van der Waals surface area contributed by atoms with Gasteiger partial charge < -0.3 is 25.8 Å². The van der Waals surface area contributed by atoms with Gasteiger partial charge >= 0.3 is 6.18 Å². The smallest absolute Gasteiger partial charge is 0.426 e. The molecule has 1 aromatic carbocycles. The van der Waals surface area contributed by atoms with Gasteiger partial charge in [0.15, 0.2) is 22.9 Å². The minimum atomic E-state index is -4.78. The minimum absolute atomic E-state index is 0.0644. The molecule has 0 saturated carbocycles. The topological polar surface area (TPSA) is 174 Å². The van der Waals surface area contributed by atoms with Crippen molar-refractivity contribution in [2.75, 3.05) is 31.6 Å². The quantitative estimate of drug-likeness (QED) is 0.144. The molecule has 0 radical (unpaired) electrons. The van der Waals surface area contributed by atoms with Crippen molar-refractivity contribution in [1.82, 2.24) is 29.5 Å². The summed E-state index contributed by atoms with van der Waals surface area (Å²) in [6.07, 6.45) is 1.40. The molecule has 226 valence electrons. The molecule has 0 aliphatic rings. The number of halogens is 3. The highest BCUT2D eigenvalue weighted by atomic mass is 19.4. The van der Waals surface area contributed by atoms with Gasteiger partial charge in [0.1, 0.15) is 6.54 Å². The summed E-state index contributed by atoms with van der Waals surface area (Å²) in [7, 11) is 0. The van der Waals surface area contributed by atoms with Crippen molar-refractivity contribution in [1.29, 1.82) is 5.26 Å². The molecule has 0 atom stereocenters. The molecule has 0 fully saturated rings. The summed E-state index contributed by atoms with van der Waals surface area (Å²) in [6, 6.07) is 4.85. The van der Waals surface area contributed by atoms with Crippen LogP contribution in [-0.2, 0) is 28.7 Å². The molecule has 4 rings (SSSR count). The van der Waals surface area contributed by atoms with E-state index in [0.717, 1.165) is 10.9 Å². The number of aromatic nitrogens is 5. The van der Waals surface area contributed by atoms with Crippen LogP contribution in [0.3, 0.4) is 0 Å². The van der Waals surface area contributed by atoms with E-state index in [4.69, 9.17) is 20.5 Å². The molecule has 1 amide bonds. The Balaban J connectivity index is 1.66. The number of nitriles is 1. The lowest BCUT2D eigenvalue weighted by molar-refractivity contribution is -0.141. The lowest BCUT2D eigenvalue weighted by Gasteiger charge is -2.17. The fraction of sp³-hybridized carbons (Fsp3) is 0.333. The van der Waals surface area contributed by atoms with Crippen molar-refractivity contribution in [3.05, 3.63) is 53.7 Å². The van der Waals surface area contributed by atoms with Crippen LogP contribution < -0.4 is 21.1 Å². The van der Waals surface area contributed by atoms with Crippen LogP contribution in [0, 0.1) is 11.3 Å². The number of carbonyl (C=O) groups is 2. The molecule has 3 heterocycles. The van der Waals surface area contributed by atoms with Gasteiger partial charge in [0.25, 0.3) is 12.4 Å². The van der Waals surface area contributed by atoms with Crippen molar-refractivity contribution in [3.63, 3.8) is 0 Å². The molecule has 4 N–H and O–H groups in total. The third-order valence-electron chi connectivity index (χ3n) is 6.27. The fourth-order valence-corrected chi connectivity index (χ4v) is 4.40. The Hall–Kier alpha value is -5.01. The second kappa shape index (κ2) is 13.8. The standard InChI is InChI=1S/C27H28F3N9O4/c1-2-17-18(26(41)34-9-13-42-12-3-6-31)4-5-20(22(17)43-16-40)36-24-25-35-14-21(39(25)11-8-33-24)19-15-38(10-7-32)37-23(19)27(28,29)30/h4-5,8,11,14-16H,2-3,6,9-10,12-13,31H2,1H3,(H,33,36)(H,34,41). The van der Waals surface area contributed by atoms with Crippen molar-refractivity contribution in [2.45, 2.75) is 32.5 Å². The van der Waals surface area contributed by atoms with Gasteiger partial charge in [-0.2, -0.15) is 23.5 Å². The molecule has 0 bridgehead atoms. The zero-order valence-electron chi connectivity index (χ0n) is 23.0. The first-order chi connectivity index (χ1) is 20.7. The number of nitrogens with zero attached hydrogens (tertiary/aromatic N) is 6. The maximum Gasteiger partial charge on any atom is 0.435 e. The Morgan fingerprint density at radius 2 is 2.07 bits per heavy atom. The Morgan fingerprint density at radius 3 is 2.77 bits per heavy atom. The van der Waals surface area contributed by atoms with E-state index >= 15 is 0 Å². The van der Waals surface area contributed by atoms with Crippen LogP contribution in [0.2, 0.25) is 0 Å². The minimum Gasteiger partial charge on any atom is -0.426 e. The van der Waals surface area contributed by atoms with Gasteiger partial charge in [-0.15, -0.1) is 0 Å². The summed E-state index contributed by atoms with van der Waals surface area (Å²) in [5, 5.41) is 18.3. The van der Waals surface area contributed by atoms with Crippen LogP contribution in [-0.4, -0.2) is 62.8 Å². The van der Waals surface area contributed by atoms with E-state index in [1.165, 1.54) is 29.1 Å². The van der Waals surface area contributed by atoms with Crippen molar-refractivity contribution >= 4 is 29.5 Å². The molecule has 0 unspecified atom stereocenters. The van der Waals surface area contributed by atoms with Crippen LogP contribution in [0.25, 0.3) is 16.9 Å². The Labute approximate surface area is 243 Å². The van der Waals surface area contributed by atoms with Crippen molar-refractivity contribution < 1.29 is 32.2 Å². The summed E-state index contributed by atoms with van der Waals surface area (Å²) >= 11 is 0. The predicted octanol–water partition coefficient (Wildman–Crippen LogP) is 3.07. The number of ether oxygens (including phenoxy) is 2. The van der Waals surface area contributed by atoms with Crippen LogP contribution in [0.1, 0.15) is 35.0 Å². The molecule has 0 aliphatic heterocycles. The Bertz CT molecular complexity index is 1640. The zero-order valence-corrected chi connectivity index (χ0v) is 23.0. The second-order valence-corrected chi connectivity index (χ2v) is 9.03. The largest absolute Gasteiger partial charge is 0.435 e. The number of hydrogen-bond donors (Lipinski definition) is 3. The first-order valence-corrected chi connectivity index (χ1v) is 13.2. The van der Waals surface area contributed by atoms with Crippen LogP contribution in [0.15, 0.2) is 36.9 Å². The fourth-order valence-electron chi connectivity index (χ4n) is 4.40. The number of alkyl halides is 3. The molecule has 4 aromatic rings. The average molecular weight is 600 g/mol. The predicted molar refractivity (Wildman–Crippen MR) is 147 cm³/mol. The average Bonchev–Trinajstić information content (AvgIpc) is 3.61. The van der Waals surface area contributed by atoms with Crippen molar-refractivity contribution in [2.24, 2.45) is 5.73 Å². The normalized spacial score (nSPS) is 11.3. The second-order valence-electron chi connectivity index (χ2n) is 9.03. The summed E-state index contributed by atoms with van der Waals surface area (Å²) in [5.74, 6) is -0.175. The summed E-state index contributed by atoms with van der Waals surface area (Å²) in [6.45, 7) is 3.19. The van der Waals surface area contributed by atoms with Gasteiger partial charge in [0, 0.05) is 42.9 Å². The van der Waals surface area contributed by atoms with Gasteiger partial charge in [0.05, 0.1) is 35.8 Å². The number of hydrogen-bond acceptors (Lipinski definition) is 10. The molecule has 0 saturated heterocycles. The molecule has 0 spiro atoms. The monoisotopic (exact) mass is 599 g/mol. The van der Waals surface area contributed by atoms with E-state index in [-0.39, 0.29) is 59.3 Å². The number of nitrogens with two attached hydrogens (primary N) is 1. The third kappa shape index (κ3) is 6.90. The van der Waals surface area contributed by atoms with Crippen LogP contribution in [0.5, 0.6) is 5.75 Å². The first-order valence-electron chi connectivity index (χ1n) is 13.2. The van der Waals surface area contributed by atoms with Gasteiger partial charge in [-0.05, 0) is 31.5 Å². The van der Waals surface area contributed by atoms with Gasteiger partial charge in [-0.1, -0.05) is 6.92 Å². The van der Waals surface area contributed by atoms with Gasteiger partial charge in [-0.3, -0.25) is 18.7 Å². The summed E-state index contributed by atoms with van der Waals surface area (Å²) in [4.78, 5) is 32.9. The van der Waals surface area contributed by atoms with E-state index in [0.29, 0.717) is 38.2 Å². The number of nitrogens with one attached hydrogen (secondary N) is 2. The number of imidazole rings is 1. The molecule has 13 nitrogen and oxygen atoms in total. The maximum absolute atomic E-state index is 13.8. The number of anilines is 2. The molecule has 3 aromatic heterocycles. The third-order valence-corrected chi connectivity index (χ3v) is 6.27. The van der Waals surface area contributed by atoms with E-state index in [9.17, 15) is 22.8 Å². The van der Waals surface area contributed by atoms with E-state index in [1.807, 2.05) is 0 Å². The first kappa shape index (κ1) is 30.9. The van der Waals surface area contributed by atoms with E-state index in [1.54, 1.807) is 19.1 Å². The SMILES string of the molecule is CCc1c(C(=O)NCCOCCCN)ccc(Nc2nccn3c(-c4cn(CC#N)nc4C(F)(F)F)cnc23)c1OC=O. The van der Waals surface area contributed by atoms with E-state index < -0.39 is 17.8 Å². The molecule has 16 heteroatoms. The number of benzene rings is 1. The highest BCUT2D eigenvalue weighted by Crippen LogP contribution is 2.38. The van der Waals surface area contributed by atoms with Gasteiger partial charge in [0.2, 0.25) is 0 Å². The number of amides is 1. The van der Waals surface area contributed by atoms with Gasteiger partial charge in [-0.25, -0.2) is 9.97 Å². The Morgan fingerprint density at radius 1 is 1.26 bits per heavy atom. The highest BCUT2D eigenvalue weighted by molar-refractivity contribution is 5.97. The number of fused-ring (bicyclic) bond motifs is 1. The lowest BCUT2D eigenvalue weighted by atomic mass is 10.0. The summed E-state index contributed by atoms with van der Waals surface area (Å²) < 4.78 is 54.3. The molecule has 0 aliphatic carbocycles. The number of carbonyl (C=O) groups excluding carboxylic acids is 2. The lowest BCUT2D eigenvalue weighted by Crippen LogP contribution is -2.28. The van der Waals surface area contributed by atoms with Crippen LogP contribution >= 0.6 is 0 Å². The molecular weight excluding hydrogens is 571 g/mol. The summed E-state index contributed by atoms with van der Waals surface area (Å²) in [5.41, 5.74) is 5.21.